The molecule has 0 saturated carbocycles. The molecule has 1 aromatic carbocycles. The van der Waals surface area contributed by atoms with Crippen molar-refractivity contribution in [1.82, 2.24) is 10.2 Å². The monoisotopic (exact) mass is 263 g/mol. The van der Waals surface area contributed by atoms with Gasteiger partial charge in [-0.25, -0.2) is 0 Å². The lowest BCUT2D eigenvalue weighted by Gasteiger charge is -2.07. The molecule has 0 bridgehead atoms. The van der Waals surface area contributed by atoms with Crippen LogP contribution in [0.3, 0.4) is 0 Å². The van der Waals surface area contributed by atoms with Gasteiger partial charge in [-0.05, 0) is 30.3 Å². The highest BCUT2D eigenvalue weighted by molar-refractivity contribution is 6.29. The molecule has 7 heteroatoms. The summed E-state index contributed by atoms with van der Waals surface area (Å²) in [5.74, 6) is -0.0928. The van der Waals surface area contributed by atoms with Crippen molar-refractivity contribution in [2.24, 2.45) is 0 Å². The second-order valence-corrected chi connectivity index (χ2v) is 3.93. The molecule has 2 rings (SSSR count). The van der Waals surface area contributed by atoms with Crippen molar-refractivity contribution in [2.45, 2.75) is 0 Å². The van der Waals surface area contributed by atoms with Crippen molar-refractivity contribution in [1.29, 1.82) is 0 Å². The van der Waals surface area contributed by atoms with Crippen LogP contribution in [0.4, 0.5) is 17.2 Å². The fraction of sp³-hybridized carbons (Fsp3) is 0. The molecule has 0 fully saturated rings. The van der Waals surface area contributed by atoms with Crippen LogP contribution in [0.5, 0.6) is 0 Å². The maximum atomic E-state index is 11.9. The summed E-state index contributed by atoms with van der Waals surface area (Å²) in [6.07, 6.45) is 0. The first kappa shape index (κ1) is 12.1. The molecular formula is C11H10ClN5O. The van der Waals surface area contributed by atoms with Gasteiger partial charge in [-0.1, -0.05) is 11.6 Å². The first-order chi connectivity index (χ1) is 8.56. The highest BCUT2D eigenvalue weighted by atomic mass is 35.5. The molecule has 18 heavy (non-hydrogen) atoms. The minimum absolute atomic E-state index is 0.250. The smallest absolute Gasteiger partial charge is 0.258 e. The number of halogens is 1. The Bertz CT molecular complexity index is 584. The van der Waals surface area contributed by atoms with Crippen molar-refractivity contribution in [2.75, 3.05) is 16.8 Å². The van der Waals surface area contributed by atoms with Gasteiger partial charge >= 0.3 is 0 Å². The zero-order valence-electron chi connectivity index (χ0n) is 9.22. The largest absolute Gasteiger partial charge is 0.399 e. The molecule has 0 radical (unpaired) electrons. The van der Waals surface area contributed by atoms with E-state index >= 15 is 0 Å². The van der Waals surface area contributed by atoms with E-state index in [1.54, 1.807) is 18.2 Å². The lowest BCUT2D eigenvalue weighted by atomic mass is 10.1. The van der Waals surface area contributed by atoms with E-state index in [1.165, 1.54) is 12.1 Å². The highest BCUT2D eigenvalue weighted by Crippen LogP contribution is 2.17. The lowest BCUT2D eigenvalue weighted by Crippen LogP contribution is -2.15. The molecule has 0 aliphatic rings. The number of carbonyl (C=O) groups excluding carboxylic acids is 1. The number of nitrogens with two attached hydrogens (primary N) is 2. The van der Waals surface area contributed by atoms with E-state index in [9.17, 15) is 4.79 Å². The number of hydrogen-bond acceptors (Lipinski definition) is 5. The summed E-state index contributed by atoms with van der Waals surface area (Å²) < 4.78 is 0. The summed E-state index contributed by atoms with van der Waals surface area (Å²) in [6.45, 7) is 0. The van der Waals surface area contributed by atoms with Crippen LogP contribution in [-0.2, 0) is 0 Å². The number of hydrogen-bond donors (Lipinski definition) is 3. The lowest BCUT2D eigenvalue weighted by molar-refractivity contribution is 0.102. The highest BCUT2D eigenvalue weighted by Gasteiger charge is 2.10. The number of nitrogens with one attached hydrogen (secondary N) is 1. The molecule has 6 nitrogen and oxygen atoms in total. The van der Waals surface area contributed by atoms with E-state index < -0.39 is 0 Å². The number of benzene rings is 1. The van der Waals surface area contributed by atoms with Gasteiger partial charge in [0.1, 0.15) is 0 Å². The Morgan fingerprint density at radius 1 is 1.17 bits per heavy atom. The van der Waals surface area contributed by atoms with Crippen molar-refractivity contribution < 1.29 is 4.79 Å². The van der Waals surface area contributed by atoms with Crippen molar-refractivity contribution in [3.63, 3.8) is 0 Å². The van der Waals surface area contributed by atoms with E-state index in [-0.39, 0.29) is 11.1 Å². The zero-order valence-corrected chi connectivity index (χ0v) is 9.98. The third kappa shape index (κ3) is 2.67. The van der Waals surface area contributed by atoms with Crippen LogP contribution >= 0.6 is 11.6 Å². The predicted molar refractivity (Wildman–Crippen MR) is 70.3 cm³/mol. The normalized spacial score (nSPS) is 10.1. The molecule has 5 N–H and O–H groups in total. The Hall–Kier alpha value is -2.34. The van der Waals surface area contributed by atoms with Crippen LogP contribution in [-0.4, -0.2) is 16.1 Å². The average Bonchev–Trinajstić information content (AvgIpc) is 2.32. The van der Waals surface area contributed by atoms with Crippen LogP contribution in [0.25, 0.3) is 0 Å². The van der Waals surface area contributed by atoms with Crippen LogP contribution in [0, 0.1) is 0 Å². The third-order valence-corrected chi connectivity index (χ3v) is 2.40. The van der Waals surface area contributed by atoms with Crippen LogP contribution in [0.2, 0.25) is 5.15 Å². The molecule has 2 aromatic rings. The minimum atomic E-state index is -0.385. The summed E-state index contributed by atoms with van der Waals surface area (Å²) in [5, 5.41) is 10.1. The average molecular weight is 264 g/mol. The van der Waals surface area contributed by atoms with Gasteiger partial charge in [0.2, 0.25) is 0 Å². The molecule has 0 saturated heterocycles. The number of amides is 1. The number of nitrogen functional groups attached to an aromatic ring is 2. The van der Waals surface area contributed by atoms with E-state index in [2.05, 4.69) is 15.5 Å². The van der Waals surface area contributed by atoms with Crippen LogP contribution < -0.4 is 16.8 Å². The van der Waals surface area contributed by atoms with E-state index in [4.69, 9.17) is 23.1 Å². The van der Waals surface area contributed by atoms with Gasteiger partial charge in [-0.2, -0.15) is 0 Å². The molecule has 1 aromatic heterocycles. The second kappa shape index (κ2) is 4.89. The molecule has 0 aliphatic carbocycles. The van der Waals surface area contributed by atoms with Gasteiger partial charge in [0.15, 0.2) is 11.0 Å². The summed E-state index contributed by atoms with van der Waals surface area (Å²) in [6, 6.07) is 7.72. The summed E-state index contributed by atoms with van der Waals surface area (Å²) in [7, 11) is 0. The standard InChI is InChI=1S/C11H10ClN5O/c12-9-3-4-10(17-16-9)15-11(18)7-2-1-6(13)5-8(7)14/h1-5H,13-14H2,(H,15,17,18). The molecule has 0 atom stereocenters. The van der Waals surface area contributed by atoms with Crippen LogP contribution in [0.1, 0.15) is 10.4 Å². The molecule has 1 heterocycles. The van der Waals surface area contributed by atoms with E-state index in [1.807, 2.05) is 0 Å². The first-order valence-electron chi connectivity index (χ1n) is 5.02. The van der Waals surface area contributed by atoms with E-state index in [0.29, 0.717) is 22.8 Å². The summed E-state index contributed by atoms with van der Waals surface area (Å²) in [4.78, 5) is 11.9. The Balaban J connectivity index is 2.19. The van der Waals surface area contributed by atoms with Gasteiger partial charge in [0.05, 0.1) is 5.56 Å². The van der Waals surface area contributed by atoms with Gasteiger partial charge in [0, 0.05) is 11.4 Å². The molecule has 0 unspecified atom stereocenters. The molecule has 1 amide bonds. The number of carbonyl (C=O) groups is 1. The molecule has 92 valence electrons. The fourth-order valence-electron chi connectivity index (χ4n) is 1.35. The number of aromatic nitrogens is 2. The maximum absolute atomic E-state index is 11.9. The Morgan fingerprint density at radius 3 is 2.56 bits per heavy atom. The Morgan fingerprint density at radius 2 is 1.94 bits per heavy atom. The number of anilines is 3. The van der Waals surface area contributed by atoms with Gasteiger partial charge in [-0.15, -0.1) is 10.2 Å². The molecular weight excluding hydrogens is 254 g/mol. The van der Waals surface area contributed by atoms with Crippen molar-refractivity contribution >= 4 is 34.7 Å². The summed E-state index contributed by atoms with van der Waals surface area (Å²) in [5.41, 5.74) is 12.4. The van der Waals surface area contributed by atoms with Gasteiger partial charge in [-0.3, -0.25) is 4.79 Å². The quantitative estimate of drug-likeness (QED) is 0.713. The molecule has 0 spiro atoms. The number of rotatable bonds is 2. The Labute approximate surface area is 108 Å². The first-order valence-corrected chi connectivity index (χ1v) is 5.39. The fourth-order valence-corrected chi connectivity index (χ4v) is 1.46. The third-order valence-electron chi connectivity index (χ3n) is 2.19. The number of nitrogens with zero attached hydrogens (tertiary/aromatic N) is 2. The van der Waals surface area contributed by atoms with Gasteiger partial charge < -0.3 is 16.8 Å². The topological polar surface area (TPSA) is 107 Å². The zero-order chi connectivity index (χ0) is 13.1. The SMILES string of the molecule is Nc1ccc(C(=O)Nc2ccc(Cl)nn2)c(N)c1. The maximum Gasteiger partial charge on any atom is 0.258 e. The van der Waals surface area contributed by atoms with Crippen molar-refractivity contribution in [3.05, 3.63) is 41.0 Å². The Kier molecular flexibility index (Phi) is 3.29. The van der Waals surface area contributed by atoms with Gasteiger partial charge in [0.25, 0.3) is 5.91 Å². The summed E-state index contributed by atoms with van der Waals surface area (Å²) >= 11 is 5.59. The molecule has 0 aliphatic heterocycles. The van der Waals surface area contributed by atoms with Crippen LogP contribution in [0.15, 0.2) is 30.3 Å². The predicted octanol–water partition coefficient (Wildman–Crippen LogP) is 1.55. The minimum Gasteiger partial charge on any atom is -0.399 e. The second-order valence-electron chi connectivity index (χ2n) is 3.54. The van der Waals surface area contributed by atoms with Crippen molar-refractivity contribution in [3.8, 4) is 0 Å². The van der Waals surface area contributed by atoms with E-state index in [0.717, 1.165) is 0 Å².